The van der Waals surface area contributed by atoms with Crippen molar-refractivity contribution >= 4 is 17.5 Å². The largest absolute Gasteiger partial charge is 0.480 e. The summed E-state index contributed by atoms with van der Waals surface area (Å²) in [7, 11) is 5.47. The monoisotopic (exact) mass is 259 g/mol. The molecule has 0 saturated heterocycles. The molecule has 0 amide bonds. The van der Waals surface area contributed by atoms with Crippen LogP contribution in [0.25, 0.3) is 0 Å². The highest BCUT2D eigenvalue weighted by atomic mass is 16.5. The van der Waals surface area contributed by atoms with Gasteiger partial charge in [-0.1, -0.05) is 0 Å². The molecule has 0 bridgehead atoms. The van der Waals surface area contributed by atoms with E-state index in [0.29, 0.717) is 11.8 Å². The van der Waals surface area contributed by atoms with Gasteiger partial charge in [0.2, 0.25) is 11.8 Å². The second-order valence-electron chi connectivity index (χ2n) is 4.28. The number of nitrogens with zero attached hydrogens (tertiary/aromatic N) is 4. The molecule has 0 spiro atoms. The Morgan fingerprint density at radius 1 is 1.26 bits per heavy atom. The summed E-state index contributed by atoms with van der Waals surface area (Å²) in [6, 6.07) is 3.69. The molecule has 100 valence electrons. The maximum absolute atomic E-state index is 5.18. The number of pyridine rings is 1. The lowest BCUT2D eigenvalue weighted by Crippen LogP contribution is -2.13. The number of hydrogen-bond donors (Lipinski definition) is 1. The van der Waals surface area contributed by atoms with E-state index in [9.17, 15) is 0 Å². The second-order valence-corrected chi connectivity index (χ2v) is 4.28. The molecule has 2 rings (SSSR count). The molecule has 6 nitrogen and oxygen atoms in total. The molecule has 19 heavy (non-hydrogen) atoms. The second kappa shape index (κ2) is 5.51. The lowest BCUT2D eigenvalue weighted by Gasteiger charge is -2.15. The Balaban J connectivity index is 2.31. The van der Waals surface area contributed by atoms with Crippen molar-refractivity contribution in [2.45, 2.75) is 6.92 Å². The predicted octanol–water partition coefficient (Wildman–Crippen LogP) is 2.00. The molecule has 0 aliphatic heterocycles. The first-order chi connectivity index (χ1) is 9.11. The molecule has 0 aromatic carbocycles. The summed E-state index contributed by atoms with van der Waals surface area (Å²) >= 11 is 0. The number of hydrogen-bond acceptors (Lipinski definition) is 6. The van der Waals surface area contributed by atoms with Crippen molar-refractivity contribution in [2.24, 2.45) is 0 Å². The molecule has 0 atom stereocenters. The topological polar surface area (TPSA) is 63.2 Å². The Morgan fingerprint density at radius 2 is 2.05 bits per heavy atom. The highest BCUT2D eigenvalue weighted by molar-refractivity contribution is 5.61. The average molecular weight is 259 g/mol. The van der Waals surface area contributed by atoms with Gasteiger partial charge >= 0.3 is 0 Å². The standard InChI is InChI=1S/C13H17N5O/c1-9-8-15-13(17-11(9)18(2)3)16-10-6-5-7-14-12(10)19-4/h5-8H,1-4H3,(H,15,16,17). The van der Waals surface area contributed by atoms with Gasteiger partial charge < -0.3 is 15.0 Å². The third-order valence-corrected chi connectivity index (χ3v) is 2.58. The van der Waals surface area contributed by atoms with Crippen molar-refractivity contribution in [3.8, 4) is 5.88 Å². The Bertz CT molecular complexity index is 571. The maximum atomic E-state index is 5.18. The van der Waals surface area contributed by atoms with Crippen LogP contribution in [0.1, 0.15) is 5.56 Å². The van der Waals surface area contributed by atoms with Crippen molar-refractivity contribution in [3.63, 3.8) is 0 Å². The van der Waals surface area contributed by atoms with Crippen LogP contribution in [-0.2, 0) is 0 Å². The molecule has 6 heteroatoms. The van der Waals surface area contributed by atoms with Gasteiger partial charge in [-0.25, -0.2) is 9.97 Å². The van der Waals surface area contributed by atoms with Gasteiger partial charge in [-0.3, -0.25) is 0 Å². The highest BCUT2D eigenvalue weighted by Gasteiger charge is 2.08. The molecule has 2 heterocycles. The Labute approximate surface area is 112 Å². The van der Waals surface area contributed by atoms with Crippen LogP contribution < -0.4 is 15.0 Å². The van der Waals surface area contributed by atoms with E-state index in [1.165, 1.54) is 0 Å². The summed E-state index contributed by atoms with van der Waals surface area (Å²) < 4.78 is 5.18. The first-order valence-electron chi connectivity index (χ1n) is 5.89. The maximum Gasteiger partial charge on any atom is 0.237 e. The normalized spacial score (nSPS) is 10.1. The fourth-order valence-electron chi connectivity index (χ4n) is 1.72. The van der Waals surface area contributed by atoms with E-state index in [1.807, 2.05) is 38.1 Å². The zero-order valence-electron chi connectivity index (χ0n) is 11.5. The molecule has 0 aliphatic carbocycles. The van der Waals surface area contributed by atoms with Gasteiger partial charge in [-0.05, 0) is 19.1 Å². The number of anilines is 3. The number of nitrogens with one attached hydrogen (secondary N) is 1. The molecule has 0 fully saturated rings. The minimum Gasteiger partial charge on any atom is -0.480 e. The summed E-state index contributed by atoms with van der Waals surface area (Å²) in [4.78, 5) is 14.8. The van der Waals surface area contributed by atoms with E-state index in [-0.39, 0.29) is 0 Å². The van der Waals surface area contributed by atoms with Crippen molar-refractivity contribution in [1.29, 1.82) is 0 Å². The molecular formula is C13H17N5O. The Morgan fingerprint density at radius 3 is 2.74 bits per heavy atom. The number of aryl methyl sites for hydroxylation is 1. The molecule has 2 aromatic heterocycles. The highest BCUT2D eigenvalue weighted by Crippen LogP contribution is 2.24. The van der Waals surface area contributed by atoms with Gasteiger partial charge in [0.25, 0.3) is 0 Å². The zero-order chi connectivity index (χ0) is 13.8. The van der Waals surface area contributed by atoms with Crippen LogP contribution in [-0.4, -0.2) is 36.2 Å². The lowest BCUT2D eigenvalue weighted by atomic mass is 10.3. The van der Waals surface area contributed by atoms with Crippen LogP contribution in [0.2, 0.25) is 0 Å². The van der Waals surface area contributed by atoms with E-state index in [1.54, 1.807) is 19.5 Å². The van der Waals surface area contributed by atoms with E-state index >= 15 is 0 Å². The minimum absolute atomic E-state index is 0.512. The van der Waals surface area contributed by atoms with Gasteiger partial charge in [0.15, 0.2) is 0 Å². The van der Waals surface area contributed by atoms with Gasteiger partial charge in [0.1, 0.15) is 11.5 Å². The third kappa shape index (κ3) is 2.90. The van der Waals surface area contributed by atoms with Gasteiger partial charge in [0.05, 0.1) is 7.11 Å². The van der Waals surface area contributed by atoms with Crippen LogP contribution in [0.4, 0.5) is 17.5 Å². The smallest absolute Gasteiger partial charge is 0.237 e. The Kier molecular flexibility index (Phi) is 3.79. The van der Waals surface area contributed by atoms with Gasteiger partial charge in [0, 0.05) is 32.1 Å². The Hall–Kier alpha value is -2.37. The molecular weight excluding hydrogens is 242 g/mol. The number of rotatable bonds is 4. The minimum atomic E-state index is 0.512. The van der Waals surface area contributed by atoms with Gasteiger partial charge in [-0.2, -0.15) is 4.98 Å². The van der Waals surface area contributed by atoms with Crippen LogP contribution >= 0.6 is 0 Å². The first-order valence-corrected chi connectivity index (χ1v) is 5.89. The average Bonchev–Trinajstić information content (AvgIpc) is 2.41. The van der Waals surface area contributed by atoms with E-state index in [4.69, 9.17) is 4.74 Å². The zero-order valence-corrected chi connectivity index (χ0v) is 11.5. The molecule has 0 unspecified atom stereocenters. The molecule has 0 radical (unpaired) electrons. The quantitative estimate of drug-likeness (QED) is 0.906. The molecule has 0 saturated carbocycles. The van der Waals surface area contributed by atoms with Gasteiger partial charge in [-0.15, -0.1) is 0 Å². The van der Waals surface area contributed by atoms with Crippen molar-refractivity contribution in [3.05, 3.63) is 30.1 Å². The van der Waals surface area contributed by atoms with Crippen LogP contribution in [0, 0.1) is 6.92 Å². The summed E-state index contributed by atoms with van der Waals surface area (Å²) in [5.41, 5.74) is 1.76. The predicted molar refractivity (Wildman–Crippen MR) is 75.2 cm³/mol. The molecule has 2 aromatic rings. The fourth-order valence-corrected chi connectivity index (χ4v) is 1.72. The fraction of sp³-hybridized carbons (Fsp3) is 0.308. The lowest BCUT2D eigenvalue weighted by molar-refractivity contribution is 0.400. The molecule has 1 N–H and O–H groups in total. The third-order valence-electron chi connectivity index (χ3n) is 2.58. The van der Waals surface area contributed by atoms with Crippen LogP contribution in [0.5, 0.6) is 5.88 Å². The van der Waals surface area contributed by atoms with Crippen molar-refractivity contribution in [2.75, 3.05) is 31.4 Å². The van der Waals surface area contributed by atoms with Crippen LogP contribution in [0.3, 0.4) is 0 Å². The van der Waals surface area contributed by atoms with Crippen molar-refractivity contribution < 1.29 is 4.74 Å². The summed E-state index contributed by atoms with van der Waals surface area (Å²) in [5.74, 6) is 1.90. The summed E-state index contributed by atoms with van der Waals surface area (Å²) in [6.07, 6.45) is 3.46. The summed E-state index contributed by atoms with van der Waals surface area (Å²) in [5, 5.41) is 3.11. The SMILES string of the molecule is COc1ncccc1Nc1ncc(C)c(N(C)C)n1. The van der Waals surface area contributed by atoms with E-state index < -0.39 is 0 Å². The van der Waals surface area contributed by atoms with Crippen molar-refractivity contribution in [1.82, 2.24) is 15.0 Å². The number of ether oxygens (including phenoxy) is 1. The van der Waals surface area contributed by atoms with Crippen LogP contribution in [0.15, 0.2) is 24.5 Å². The number of aromatic nitrogens is 3. The van der Waals surface area contributed by atoms with E-state index in [2.05, 4.69) is 20.3 Å². The summed E-state index contributed by atoms with van der Waals surface area (Å²) in [6.45, 7) is 1.98. The van der Waals surface area contributed by atoms with E-state index in [0.717, 1.165) is 17.1 Å². The number of methoxy groups -OCH3 is 1. The first kappa shape index (κ1) is 13.1. The molecule has 0 aliphatic rings.